The zero-order valence-electron chi connectivity index (χ0n) is 9.28. The van der Waals surface area contributed by atoms with Gasteiger partial charge in [-0.05, 0) is 13.0 Å². The van der Waals surface area contributed by atoms with Crippen molar-refractivity contribution in [2.75, 3.05) is 14.2 Å². The number of carboxylic acids is 1. The van der Waals surface area contributed by atoms with Crippen LogP contribution in [0.15, 0.2) is 12.1 Å². The van der Waals surface area contributed by atoms with Gasteiger partial charge in [0.2, 0.25) is 0 Å². The first kappa shape index (κ1) is 12.3. The number of methoxy groups -OCH3 is 2. The SMILES string of the molecule is COc1c(F)ccc(C(C)C(=O)O)c1OC. The van der Waals surface area contributed by atoms with Crippen LogP contribution in [0, 0.1) is 5.82 Å². The van der Waals surface area contributed by atoms with Gasteiger partial charge in [-0.15, -0.1) is 0 Å². The van der Waals surface area contributed by atoms with Crippen molar-refractivity contribution in [1.82, 2.24) is 0 Å². The minimum Gasteiger partial charge on any atom is -0.492 e. The van der Waals surface area contributed by atoms with Gasteiger partial charge in [-0.1, -0.05) is 6.07 Å². The van der Waals surface area contributed by atoms with Gasteiger partial charge < -0.3 is 14.6 Å². The van der Waals surface area contributed by atoms with Crippen LogP contribution in [0.5, 0.6) is 11.5 Å². The number of benzene rings is 1. The Bertz CT molecular complexity index is 403. The Labute approximate surface area is 92.6 Å². The number of rotatable bonds is 4. The Morgan fingerprint density at radius 1 is 1.31 bits per heavy atom. The summed E-state index contributed by atoms with van der Waals surface area (Å²) in [6, 6.07) is 2.55. The van der Waals surface area contributed by atoms with Gasteiger partial charge in [0.1, 0.15) is 0 Å². The van der Waals surface area contributed by atoms with Crippen LogP contribution in [0.1, 0.15) is 18.4 Å². The molecule has 16 heavy (non-hydrogen) atoms. The molecule has 1 atom stereocenters. The topological polar surface area (TPSA) is 55.8 Å². The predicted octanol–water partition coefficient (Wildman–Crippen LogP) is 2.03. The van der Waals surface area contributed by atoms with Crippen LogP contribution in [-0.2, 0) is 4.79 Å². The number of carboxylic acid groups (broad SMARTS) is 1. The molecule has 0 saturated carbocycles. The Morgan fingerprint density at radius 3 is 2.31 bits per heavy atom. The van der Waals surface area contributed by atoms with Crippen molar-refractivity contribution in [3.63, 3.8) is 0 Å². The lowest BCUT2D eigenvalue weighted by Gasteiger charge is -2.15. The molecular weight excluding hydrogens is 215 g/mol. The first-order chi connectivity index (χ1) is 7.52. The van der Waals surface area contributed by atoms with Crippen molar-refractivity contribution in [1.29, 1.82) is 0 Å². The summed E-state index contributed by atoms with van der Waals surface area (Å²) in [5.41, 5.74) is 0.383. The molecule has 1 N–H and O–H groups in total. The summed E-state index contributed by atoms with van der Waals surface area (Å²) in [6.45, 7) is 1.50. The van der Waals surface area contributed by atoms with E-state index in [1.807, 2.05) is 0 Å². The minimum absolute atomic E-state index is 0.0758. The molecule has 0 aliphatic heterocycles. The summed E-state index contributed by atoms with van der Waals surface area (Å²) in [7, 11) is 2.64. The van der Waals surface area contributed by atoms with Gasteiger partial charge in [-0.25, -0.2) is 4.39 Å². The summed E-state index contributed by atoms with van der Waals surface area (Å²) in [6.07, 6.45) is 0. The van der Waals surface area contributed by atoms with Gasteiger partial charge in [0.25, 0.3) is 0 Å². The molecule has 0 amide bonds. The van der Waals surface area contributed by atoms with Gasteiger partial charge in [0, 0.05) is 5.56 Å². The third kappa shape index (κ3) is 2.08. The predicted molar refractivity (Wildman–Crippen MR) is 55.6 cm³/mol. The fourth-order valence-electron chi connectivity index (χ4n) is 1.43. The van der Waals surface area contributed by atoms with E-state index in [4.69, 9.17) is 14.6 Å². The summed E-state index contributed by atoms with van der Waals surface area (Å²) in [5, 5.41) is 8.90. The minimum atomic E-state index is -1.01. The second-order valence-electron chi connectivity index (χ2n) is 3.26. The zero-order valence-corrected chi connectivity index (χ0v) is 9.28. The lowest BCUT2D eigenvalue weighted by Crippen LogP contribution is -2.10. The molecule has 0 saturated heterocycles. The first-order valence-corrected chi connectivity index (χ1v) is 4.66. The van der Waals surface area contributed by atoms with E-state index < -0.39 is 17.7 Å². The molecule has 0 fully saturated rings. The number of carbonyl (C=O) groups is 1. The van der Waals surface area contributed by atoms with E-state index in [9.17, 15) is 9.18 Å². The number of halogens is 1. The molecule has 4 nitrogen and oxygen atoms in total. The number of hydrogen-bond acceptors (Lipinski definition) is 3. The fraction of sp³-hybridized carbons (Fsp3) is 0.364. The fourth-order valence-corrected chi connectivity index (χ4v) is 1.43. The second-order valence-corrected chi connectivity index (χ2v) is 3.26. The van der Waals surface area contributed by atoms with Crippen molar-refractivity contribution < 1.29 is 23.8 Å². The van der Waals surface area contributed by atoms with Crippen LogP contribution in [0.25, 0.3) is 0 Å². The van der Waals surface area contributed by atoms with Crippen molar-refractivity contribution >= 4 is 5.97 Å². The highest BCUT2D eigenvalue weighted by Gasteiger charge is 2.23. The van der Waals surface area contributed by atoms with E-state index in [1.165, 1.54) is 27.2 Å². The van der Waals surface area contributed by atoms with E-state index in [1.54, 1.807) is 0 Å². The Kier molecular flexibility index (Phi) is 3.71. The van der Waals surface area contributed by atoms with E-state index in [-0.39, 0.29) is 11.5 Å². The molecule has 0 spiro atoms. The molecule has 88 valence electrons. The van der Waals surface area contributed by atoms with Crippen molar-refractivity contribution in [3.8, 4) is 11.5 Å². The monoisotopic (exact) mass is 228 g/mol. The molecule has 1 aromatic carbocycles. The summed E-state index contributed by atoms with van der Waals surface area (Å²) in [4.78, 5) is 10.9. The number of hydrogen-bond donors (Lipinski definition) is 1. The average Bonchev–Trinajstić information content (AvgIpc) is 2.27. The molecule has 1 rings (SSSR count). The van der Waals surface area contributed by atoms with Gasteiger partial charge >= 0.3 is 5.97 Å². The Balaban J connectivity index is 3.35. The smallest absolute Gasteiger partial charge is 0.310 e. The van der Waals surface area contributed by atoms with Gasteiger partial charge in [-0.2, -0.15) is 0 Å². The van der Waals surface area contributed by atoms with Crippen LogP contribution in [0.2, 0.25) is 0 Å². The Hall–Kier alpha value is -1.78. The normalized spacial score (nSPS) is 12.0. The molecule has 0 heterocycles. The van der Waals surface area contributed by atoms with Crippen molar-refractivity contribution in [3.05, 3.63) is 23.5 Å². The second kappa shape index (κ2) is 4.83. The van der Waals surface area contributed by atoms with Crippen LogP contribution >= 0.6 is 0 Å². The standard InChI is InChI=1S/C11H13FO4/c1-6(11(13)14)7-4-5-8(12)10(16-3)9(7)15-2/h4-6H,1-3H3,(H,13,14). The largest absolute Gasteiger partial charge is 0.492 e. The number of aliphatic carboxylic acids is 1. The Morgan fingerprint density at radius 2 is 1.88 bits per heavy atom. The molecule has 0 aliphatic rings. The first-order valence-electron chi connectivity index (χ1n) is 4.66. The maximum absolute atomic E-state index is 13.3. The molecule has 1 unspecified atom stereocenters. The maximum atomic E-state index is 13.3. The van der Waals surface area contributed by atoms with Crippen LogP contribution < -0.4 is 9.47 Å². The van der Waals surface area contributed by atoms with Crippen LogP contribution in [0.4, 0.5) is 4.39 Å². The highest BCUT2D eigenvalue weighted by Crippen LogP contribution is 2.37. The average molecular weight is 228 g/mol. The molecule has 0 bridgehead atoms. The highest BCUT2D eigenvalue weighted by atomic mass is 19.1. The molecular formula is C11H13FO4. The summed E-state index contributed by atoms with van der Waals surface area (Å²) in [5.74, 6) is -2.33. The summed E-state index contributed by atoms with van der Waals surface area (Å²) >= 11 is 0. The van der Waals surface area contributed by atoms with Crippen molar-refractivity contribution in [2.24, 2.45) is 0 Å². The lowest BCUT2D eigenvalue weighted by molar-refractivity contribution is -0.138. The van der Waals surface area contributed by atoms with E-state index in [2.05, 4.69) is 0 Å². The van der Waals surface area contributed by atoms with Gasteiger partial charge in [0.05, 0.1) is 20.1 Å². The zero-order chi connectivity index (χ0) is 12.3. The van der Waals surface area contributed by atoms with Crippen LogP contribution in [0.3, 0.4) is 0 Å². The molecule has 1 aromatic rings. The van der Waals surface area contributed by atoms with E-state index in [0.717, 1.165) is 6.07 Å². The van der Waals surface area contributed by atoms with Crippen molar-refractivity contribution in [2.45, 2.75) is 12.8 Å². The number of ether oxygens (including phenoxy) is 2. The van der Waals surface area contributed by atoms with E-state index >= 15 is 0 Å². The lowest BCUT2D eigenvalue weighted by atomic mass is 9.99. The molecule has 0 aromatic heterocycles. The molecule has 0 radical (unpaired) electrons. The quantitative estimate of drug-likeness (QED) is 0.856. The maximum Gasteiger partial charge on any atom is 0.310 e. The van der Waals surface area contributed by atoms with Crippen LogP contribution in [-0.4, -0.2) is 25.3 Å². The third-order valence-corrected chi connectivity index (χ3v) is 2.34. The van der Waals surface area contributed by atoms with E-state index in [0.29, 0.717) is 5.56 Å². The molecule has 5 heteroatoms. The van der Waals surface area contributed by atoms with Gasteiger partial charge in [-0.3, -0.25) is 4.79 Å². The third-order valence-electron chi connectivity index (χ3n) is 2.34. The summed E-state index contributed by atoms with van der Waals surface area (Å²) < 4.78 is 23.2. The molecule has 0 aliphatic carbocycles. The van der Waals surface area contributed by atoms with Gasteiger partial charge in [0.15, 0.2) is 17.3 Å². The highest BCUT2D eigenvalue weighted by molar-refractivity contribution is 5.77.